The Morgan fingerprint density at radius 3 is 2.16 bits per heavy atom. The maximum Gasteiger partial charge on any atom is 0.244 e. The Morgan fingerprint density at radius 2 is 1.64 bits per heavy atom. The lowest BCUT2D eigenvalue weighted by atomic mass is 10.1. The van der Waals surface area contributed by atoms with Crippen molar-refractivity contribution >= 4 is 42.3 Å². The number of halogens is 2. The van der Waals surface area contributed by atoms with Gasteiger partial charge in [-0.05, 0) is 37.6 Å². The normalized spacial score (nSPS) is 18.6. The summed E-state index contributed by atoms with van der Waals surface area (Å²) < 4.78 is 0. The molecule has 6 nitrogen and oxygen atoms in total. The molecule has 1 heterocycles. The van der Waals surface area contributed by atoms with E-state index < -0.39 is 5.54 Å². The number of hydrogen-bond donors (Lipinski definition) is 2. The topological polar surface area (TPSA) is 78.7 Å². The summed E-state index contributed by atoms with van der Waals surface area (Å²) in [6, 6.07) is 7.44. The molecule has 0 radical (unpaired) electrons. The van der Waals surface area contributed by atoms with E-state index in [2.05, 4.69) is 17.3 Å². The molecule has 0 unspecified atom stereocenters. The van der Waals surface area contributed by atoms with Gasteiger partial charge in [0.2, 0.25) is 11.8 Å². The summed E-state index contributed by atoms with van der Waals surface area (Å²) in [5.41, 5.74) is 6.87. The molecule has 1 saturated heterocycles. The largest absolute Gasteiger partial charge is 0.340 e. The zero-order valence-corrected chi connectivity index (χ0v) is 16.0. The number of nitrogens with two attached hydrogens (primary N) is 1. The molecule has 3 N–H and O–H groups in total. The zero-order valence-electron chi connectivity index (χ0n) is 14.4. The molecule has 1 saturated carbocycles. The molecule has 0 aromatic heterocycles. The maximum absolute atomic E-state index is 12.3. The van der Waals surface area contributed by atoms with Crippen LogP contribution in [0.15, 0.2) is 24.3 Å². The third-order valence-corrected chi connectivity index (χ3v) is 4.66. The smallest absolute Gasteiger partial charge is 0.244 e. The first kappa shape index (κ1) is 21.7. The number of benzene rings is 1. The third-order valence-electron chi connectivity index (χ3n) is 4.66. The number of likely N-dealkylation sites (N-methyl/N-ethyl adjacent to an activating group) is 1. The van der Waals surface area contributed by atoms with Crippen LogP contribution in [0, 0.1) is 0 Å². The van der Waals surface area contributed by atoms with Gasteiger partial charge in [-0.15, -0.1) is 24.8 Å². The van der Waals surface area contributed by atoms with Crippen LogP contribution >= 0.6 is 24.8 Å². The molecule has 0 atom stereocenters. The van der Waals surface area contributed by atoms with Crippen molar-refractivity contribution in [3.05, 3.63) is 29.8 Å². The molecule has 2 amide bonds. The van der Waals surface area contributed by atoms with Crippen LogP contribution in [-0.2, 0) is 16.0 Å². The Morgan fingerprint density at radius 1 is 1.08 bits per heavy atom. The van der Waals surface area contributed by atoms with E-state index in [0.29, 0.717) is 6.42 Å². The van der Waals surface area contributed by atoms with Gasteiger partial charge in [0.05, 0.1) is 12.0 Å². The molecule has 2 fully saturated rings. The number of rotatable bonds is 4. The van der Waals surface area contributed by atoms with Crippen LogP contribution in [0.3, 0.4) is 0 Å². The minimum absolute atomic E-state index is 0. The summed E-state index contributed by atoms with van der Waals surface area (Å²) in [4.78, 5) is 28.3. The van der Waals surface area contributed by atoms with Crippen LogP contribution in [0.4, 0.5) is 5.69 Å². The second-order valence-electron chi connectivity index (χ2n) is 6.67. The van der Waals surface area contributed by atoms with E-state index >= 15 is 0 Å². The standard InChI is InChI=1S/C17H24N4O2.2ClH/c1-20-8-10-21(11-9-20)15(22)12-13-2-4-14(5-3-13)19-16(23)17(18)6-7-17;;/h2-5H,6-12,18H2,1H3,(H,19,23);2*1H. The van der Waals surface area contributed by atoms with Crippen molar-refractivity contribution in [1.29, 1.82) is 0 Å². The molecule has 1 aliphatic carbocycles. The number of carbonyl (C=O) groups is 2. The average Bonchev–Trinajstić information content (AvgIpc) is 3.29. The van der Waals surface area contributed by atoms with Gasteiger partial charge >= 0.3 is 0 Å². The SMILES string of the molecule is CN1CCN(C(=O)Cc2ccc(NC(=O)C3(N)CC3)cc2)CC1.Cl.Cl. The molecular formula is C17H26Cl2N4O2. The minimum atomic E-state index is -0.671. The van der Waals surface area contributed by atoms with Gasteiger partial charge in [-0.3, -0.25) is 9.59 Å². The second kappa shape index (κ2) is 8.85. The van der Waals surface area contributed by atoms with Crippen molar-refractivity contribution in [3.8, 4) is 0 Å². The highest BCUT2D eigenvalue weighted by Crippen LogP contribution is 2.33. The van der Waals surface area contributed by atoms with Gasteiger partial charge in [0.15, 0.2) is 0 Å². The van der Waals surface area contributed by atoms with E-state index in [1.54, 1.807) is 0 Å². The molecule has 3 rings (SSSR count). The Bertz CT molecular complexity index is 597. The molecule has 2 aliphatic rings. The third kappa shape index (κ3) is 5.57. The van der Waals surface area contributed by atoms with Gasteiger partial charge in [0.1, 0.15) is 0 Å². The Labute approximate surface area is 160 Å². The fourth-order valence-corrected chi connectivity index (χ4v) is 2.67. The highest BCUT2D eigenvalue weighted by Gasteiger charge is 2.45. The molecule has 25 heavy (non-hydrogen) atoms. The minimum Gasteiger partial charge on any atom is -0.340 e. The highest BCUT2D eigenvalue weighted by atomic mass is 35.5. The summed E-state index contributed by atoms with van der Waals surface area (Å²) in [5.74, 6) is 0.0348. The van der Waals surface area contributed by atoms with E-state index in [1.165, 1.54) is 0 Å². The van der Waals surface area contributed by atoms with E-state index in [4.69, 9.17) is 5.73 Å². The van der Waals surface area contributed by atoms with Crippen LogP contribution in [0.2, 0.25) is 0 Å². The van der Waals surface area contributed by atoms with Crippen LogP contribution in [0.5, 0.6) is 0 Å². The number of piperazine rings is 1. The van der Waals surface area contributed by atoms with Crippen molar-refractivity contribution in [2.45, 2.75) is 24.8 Å². The van der Waals surface area contributed by atoms with Crippen molar-refractivity contribution in [2.75, 3.05) is 38.5 Å². The first-order valence-corrected chi connectivity index (χ1v) is 8.12. The van der Waals surface area contributed by atoms with Gasteiger partial charge < -0.3 is 20.9 Å². The van der Waals surface area contributed by atoms with Crippen molar-refractivity contribution in [3.63, 3.8) is 0 Å². The van der Waals surface area contributed by atoms with Gasteiger partial charge in [0, 0.05) is 31.9 Å². The lowest BCUT2D eigenvalue weighted by molar-refractivity contribution is -0.132. The quantitative estimate of drug-likeness (QED) is 0.813. The van der Waals surface area contributed by atoms with Gasteiger partial charge in [-0.1, -0.05) is 12.1 Å². The monoisotopic (exact) mass is 388 g/mol. The van der Waals surface area contributed by atoms with Crippen LogP contribution < -0.4 is 11.1 Å². The highest BCUT2D eigenvalue weighted by molar-refractivity contribution is 6.00. The Kier molecular flexibility index (Phi) is 7.68. The summed E-state index contributed by atoms with van der Waals surface area (Å²) in [5, 5.41) is 2.83. The van der Waals surface area contributed by atoms with Crippen LogP contribution in [0.25, 0.3) is 0 Å². The van der Waals surface area contributed by atoms with Gasteiger partial charge in [-0.25, -0.2) is 0 Å². The van der Waals surface area contributed by atoms with Crippen LogP contribution in [-0.4, -0.2) is 60.4 Å². The number of nitrogens with zero attached hydrogens (tertiary/aromatic N) is 2. The zero-order chi connectivity index (χ0) is 16.4. The van der Waals surface area contributed by atoms with E-state index in [1.807, 2.05) is 29.2 Å². The summed E-state index contributed by atoms with van der Waals surface area (Å²) in [6.07, 6.45) is 1.89. The lowest BCUT2D eigenvalue weighted by Gasteiger charge is -2.32. The van der Waals surface area contributed by atoms with E-state index in [9.17, 15) is 9.59 Å². The van der Waals surface area contributed by atoms with Crippen molar-refractivity contribution < 1.29 is 9.59 Å². The van der Waals surface area contributed by atoms with Crippen LogP contribution in [0.1, 0.15) is 18.4 Å². The molecular weight excluding hydrogens is 363 g/mol. The first-order valence-electron chi connectivity index (χ1n) is 8.12. The molecule has 0 bridgehead atoms. The predicted octanol–water partition coefficient (Wildman–Crippen LogP) is 1.28. The maximum atomic E-state index is 12.3. The second-order valence-corrected chi connectivity index (χ2v) is 6.67. The Balaban J connectivity index is 0.00000156. The summed E-state index contributed by atoms with van der Waals surface area (Å²) >= 11 is 0. The molecule has 140 valence electrons. The predicted molar refractivity (Wildman–Crippen MR) is 104 cm³/mol. The number of amides is 2. The molecule has 8 heteroatoms. The first-order chi connectivity index (χ1) is 11.0. The fourth-order valence-electron chi connectivity index (χ4n) is 2.67. The molecule has 1 aromatic carbocycles. The fraction of sp³-hybridized carbons (Fsp3) is 0.529. The number of carbonyl (C=O) groups excluding carboxylic acids is 2. The average molecular weight is 389 g/mol. The molecule has 1 aliphatic heterocycles. The summed E-state index contributed by atoms with van der Waals surface area (Å²) in [6.45, 7) is 3.44. The summed E-state index contributed by atoms with van der Waals surface area (Å²) in [7, 11) is 2.07. The van der Waals surface area contributed by atoms with Gasteiger partial charge in [-0.2, -0.15) is 0 Å². The van der Waals surface area contributed by atoms with Crippen molar-refractivity contribution in [1.82, 2.24) is 9.80 Å². The number of hydrogen-bond acceptors (Lipinski definition) is 4. The number of anilines is 1. The van der Waals surface area contributed by atoms with E-state index in [-0.39, 0.29) is 36.6 Å². The van der Waals surface area contributed by atoms with Gasteiger partial charge in [0.25, 0.3) is 0 Å². The lowest BCUT2D eigenvalue weighted by Crippen LogP contribution is -2.47. The number of nitrogens with one attached hydrogen (secondary N) is 1. The van der Waals surface area contributed by atoms with E-state index in [0.717, 1.165) is 50.3 Å². The molecule has 0 spiro atoms. The van der Waals surface area contributed by atoms with Crippen molar-refractivity contribution in [2.24, 2.45) is 5.73 Å². The Hall–Kier alpha value is -1.34. The molecule has 1 aromatic rings.